The van der Waals surface area contributed by atoms with Gasteiger partial charge in [0.25, 0.3) is 5.91 Å². The van der Waals surface area contributed by atoms with Crippen LogP contribution in [0.5, 0.6) is 5.75 Å². The van der Waals surface area contributed by atoms with Crippen molar-refractivity contribution < 1.29 is 19.5 Å². The Kier molecular flexibility index (Phi) is 7.30. The number of ether oxygens (including phenoxy) is 1. The molecule has 8 heteroatoms. The number of terminal acetylenes is 1. The van der Waals surface area contributed by atoms with Gasteiger partial charge >= 0.3 is 0 Å². The Hall–Kier alpha value is -3.93. The summed E-state index contributed by atoms with van der Waals surface area (Å²) in [7, 11) is 0. The molecule has 1 aliphatic rings. The van der Waals surface area contributed by atoms with Gasteiger partial charge in [-0.3, -0.25) is 24.7 Å². The predicted octanol–water partition coefficient (Wildman–Crippen LogP) is 2.83. The Morgan fingerprint density at radius 1 is 1.23 bits per heavy atom. The molecule has 0 bridgehead atoms. The lowest BCUT2D eigenvalue weighted by atomic mass is 9.93. The number of benzene rings is 2. The summed E-state index contributed by atoms with van der Waals surface area (Å²) in [5, 5.41) is 13.0. The topological polar surface area (TPSA) is 104 Å². The summed E-state index contributed by atoms with van der Waals surface area (Å²) in [5.74, 6) is 2.36. The maximum atomic E-state index is 13.0. The minimum Gasteiger partial charge on any atom is -0.489 e. The zero-order valence-electron chi connectivity index (χ0n) is 19.6. The van der Waals surface area contributed by atoms with Crippen LogP contribution in [-0.2, 0) is 11.4 Å². The molecule has 4 rings (SSSR count). The molecular formula is C27H28N4O4. The van der Waals surface area contributed by atoms with Crippen LogP contribution < -0.4 is 15.5 Å². The number of nitrogens with one attached hydrogen (secondary N) is 2. The van der Waals surface area contributed by atoms with Crippen molar-refractivity contribution in [2.24, 2.45) is 0 Å². The van der Waals surface area contributed by atoms with Gasteiger partial charge in [0.2, 0.25) is 5.91 Å². The van der Waals surface area contributed by atoms with Crippen LogP contribution >= 0.6 is 0 Å². The molecule has 3 N–H and O–H groups in total. The number of hydroxylamine groups is 1. The summed E-state index contributed by atoms with van der Waals surface area (Å²) in [6.07, 6.45) is 5.92. The van der Waals surface area contributed by atoms with Crippen LogP contribution in [0.1, 0.15) is 34.5 Å². The van der Waals surface area contributed by atoms with E-state index in [0.717, 1.165) is 22.2 Å². The molecule has 1 atom stereocenters. The summed E-state index contributed by atoms with van der Waals surface area (Å²) in [4.78, 5) is 31.5. The number of aryl methyl sites for hydroxylation is 1. The van der Waals surface area contributed by atoms with Crippen molar-refractivity contribution >= 4 is 22.7 Å². The number of carbonyl (C=O) groups excluding carboxylic acids is 2. The van der Waals surface area contributed by atoms with Gasteiger partial charge in [0.1, 0.15) is 12.4 Å². The van der Waals surface area contributed by atoms with Gasteiger partial charge in [-0.05, 0) is 49.7 Å². The quantitative estimate of drug-likeness (QED) is 0.265. The van der Waals surface area contributed by atoms with Gasteiger partial charge < -0.3 is 10.1 Å². The van der Waals surface area contributed by atoms with Crippen LogP contribution in [0.4, 0.5) is 0 Å². The van der Waals surface area contributed by atoms with Crippen molar-refractivity contribution in [3.8, 4) is 18.1 Å². The smallest absolute Gasteiger partial charge is 0.251 e. The van der Waals surface area contributed by atoms with Crippen LogP contribution in [0.25, 0.3) is 10.9 Å². The number of hydrogen-bond acceptors (Lipinski definition) is 6. The standard InChI is InChI=1S/C27H28N4O4/c1-3-13-31-14-12-27(18-31,16-25(32)30-34)29-26(33)20-8-10-22(11-9-20)35-17-21-15-19(2)28-24-7-5-4-6-23(21)24/h1,4-11,15,34H,12-14,16-18H2,2H3,(H,29,33)(H,30,32). The molecule has 2 amide bonds. The monoisotopic (exact) mass is 472 g/mol. The number of carbonyl (C=O) groups is 2. The van der Waals surface area contributed by atoms with Gasteiger partial charge in [0.15, 0.2) is 0 Å². The summed E-state index contributed by atoms with van der Waals surface area (Å²) >= 11 is 0. The minimum atomic E-state index is -0.809. The van der Waals surface area contributed by atoms with E-state index in [4.69, 9.17) is 16.4 Å². The molecule has 2 aromatic carbocycles. The maximum absolute atomic E-state index is 13.0. The molecule has 8 nitrogen and oxygen atoms in total. The molecule has 2 heterocycles. The van der Waals surface area contributed by atoms with E-state index >= 15 is 0 Å². The van der Waals surface area contributed by atoms with E-state index in [0.29, 0.717) is 44.0 Å². The highest BCUT2D eigenvalue weighted by atomic mass is 16.5. The van der Waals surface area contributed by atoms with Crippen LogP contribution in [0.2, 0.25) is 0 Å². The summed E-state index contributed by atoms with van der Waals surface area (Å²) in [5.41, 5.74) is 4.18. The molecule has 1 saturated heterocycles. The molecule has 180 valence electrons. The molecule has 35 heavy (non-hydrogen) atoms. The molecule has 0 aliphatic carbocycles. The number of aromatic nitrogens is 1. The van der Waals surface area contributed by atoms with Crippen molar-refractivity contribution in [2.45, 2.75) is 31.9 Å². The normalized spacial score (nSPS) is 17.6. The molecule has 1 fully saturated rings. The lowest BCUT2D eigenvalue weighted by Crippen LogP contribution is -2.53. The van der Waals surface area contributed by atoms with Gasteiger partial charge in [0.05, 0.1) is 24.0 Å². The highest BCUT2D eigenvalue weighted by Gasteiger charge is 2.41. The van der Waals surface area contributed by atoms with Crippen molar-refractivity contribution in [1.29, 1.82) is 0 Å². The number of fused-ring (bicyclic) bond motifs is 1. The van der Waals surface area contributed by atoms with Crippen LogP contribution in [-0.4, -0.2) is 52.1 Å². The second kappa shape index (κ2) is 10.6. The minimum absolute atomic E-state index is 0.0448. The highest BCUT2D eigenvalue weighted by Crippen LogP contribution is 2.26. The van der Waals surface area contributed by atoms with Gasteiger partial charge in [-0.1, -0.05) is 24.1 Å². The number of likely N-dealkylation sites (tertiary alicyclic amines) is 1. The fourth-order valence-corrected chi connectivity index (χ4v) is 4.55. The molecule has 1 aliphatic heterocycles. The van der Waals surface area contributed by atoms with Crippen molar-refractivity contribution in [2.75, 3.05) is 19.6 Å². The van der Waals surface area contributed by atoms with Crippen molar-refractivity contribution in [3.63, 3.8) is 0 Å². The third-order valence-electron chi connectivity index (χ3n) is 6.19. The Bertz CT molecular complexity index is 1270. The van der Waals surface area contributed by atoms with Gasteiger partial charge in [-0.25, -0.2) is 5.48 Å². The lowest BCUT2D eigenvalue weighted by molar-refractivity contribution is -0.130. The summed E-state index contributed by atoms with van der Waals surface area (Å²) in [6.45, 7) is 3.84. The van der Waals surface area contributed by atoms with E-state index in [1.807, 2.05) is 42.2 Å². The largest absolute Gasteiger partial charge is 0.489 e. The third-order valence-corrected chi connectivity index (χ3v) is 6.19. The average Bonchev–Trinajstić information content (AvgIpc) is 3.24. The van der Waals surface area contributed by atoms with E-state index < -0.39 is 11.4 Å². The fourth-order valence-electron chi connectivity index (χ4n) is 4.55. The highest BCUT2D eigenvalue weighted by molar-refractivity contribution is 5.95. The van der Waals surface area contributed by atoms with Gasteiger partial charge in [-0.2, -0.15) is 0 Å². The Labute approximate surface area is 204 Å². The summed E-state index contributed by atoms with van der Waals surface area (Å²) in [6, 6.07) is 16.8. The van der Waals surface area contributed by atoms with Gasteiger partial charge in [-0.15, -0.1) is 6.42 Å². The second-order valence-corrected chi connectivity index (χ2v) is 8.86. The Balaban J connectivity index is 1.43. The van der Waals surface area contributed by atoms with Gasteiger partial charge in [0, 0.05) is 35.3 Å². The molecule has 1 aromatic heterocycles. The van der Waals surface area contributed by atoms with E-state index in [1.165, 1.54) is 0 Å². The first-order valence-electron chi connectivity index (χ1n) is 11.4. The second-order valence-electron chi connectivity index (χ2n) is 8.86. The lowest BCUT2D eigenvalue weighted by Gasteiger charge is -2.30. The maximum Gasteiger partial charge on any atom is 0.251 e. The molecule has 0 radical (unpaired) electrons. The van der Waals surface area contributed by atoms with E-state index in [1.54, 1.807) is 29.7 Å². The Morgan fingerprint density at radius 3 is 2.74 bits per heavy atom. The number of nitrogens with zero attached hydrogens (tertiary/aromatic N) is 2. The third kappa shape index (κ3) is 5.77. The first-order valence-corrected chi connectivity index (χ1v) is 11.4. The first-order chi connectivity index (χ1) is 16.9. The van der Waals surface area contributed by atoms with E-state index in [-0.39, 0.29) is 12.3 Å². The molecule has 0 spiro atoms. The molecular weight excluding hydrogens is 444 g/mol. The zero-order chi connectivity index (χ0) is 24.8. The number of pyridine rings is 1. The number of para-hydroxylation sites is 1. The van der Waals surface area contributed by atoms with E-state index in [9.17, 15) is 9.59 Å². The van der Waals surface area contributed by atoms with E-state index in [2.05, 4.69) is 16.2 Å². The molecule has 3 aromatic rings. The number of hydrogen-bond donors (Lipinski definition) is 3. The first kappa shape index (κ1) is 24.2. The van der Waals surface area contributed by atoms with Crippen molar-refractivity contribution in [1.82, 2.24) is 20.7 Å². The predicted molar refractivity (Wildman–Crippen MR) is 132 cm³/mol. The fraction of sp³-hybridized carbons (Fsp3) is 0.296. The average molecular weight is 473 g/mol. The van der Waals surface area contributed by atoms with Crippen LogP contribution in [0.3, 0.4) is 0 Å². The number of amides is 2. The Morgan fingerprint density at radius 2 is 2.00 bits per heavy atom. The molecule has 1 unspecified atom stereocenters. The summed E-state index contributed by atoms with van der Waals surface area (Å²) < 4.78 is 5.99. The zero-order valence-corrected chi connectivity index (χ0v) is 19.6. The number of rotatable bonds is 8. The van der Waals surface area contributed by atoms with Crippen molar-refractivity contribution in [3.05, 3.63) is 71.4 Å². The molecule has 0 saturated carbocycles. The van der Waals surface area contributed by atoms with Crippen LogP contribution in [0.15, 0.2) is 54.6 Å². The van der Waals surface area contributed by atoms with Crippen LogP contribution in [0, 0.1) is 19.3 Å². The SMILES string of the molecule is C#CCN1CCC(CC(=O)NO)(NC(=O)c2ccc(OCc3cc(C)nc4ccccc34)cc2)C1.